The van der Waals surface area contributed by atoms with Crippen LogP contribution in [0.15, 0.2) is 64.9 Å². The Labute approximate surface area is 183 Å². The predicted octanol–water partition coefficient (Wildman–Crippen LogP) is 3.22. The van der Waals surface area contributed by atoms with Gasteiger partial charge in [-0.1, -0.05) is 0 Å². The summed E-state index contributed by atoms with van der Waals surface area (Å²) in [5.41, 5.74) is 8.71. The molecule has 10 heteroatoms. The van der Waals surface area contributed by atoms with E-state index in [-0.39, 0.29) is 28.4 Å². The number of aliphatic carboxylic acids is 1. The minimum Gasteiger partial charge on any atom is -0.481 e. The predicted molar refractivity (Wildman–Crippen MR) is 117 cm³/mol. The summed E-state index contributed by atoms with van der Waals surface area (Å²) in [6, 6.07) is 7.60. The summed E-state index contributed by atoms with van der Waals surface area (Å²) in [5, 5.41) is 9.69. The van der Waals surface area contributed by atoms with Gasteiger partial charge in [0.1, 0.15) is 5.82 Å². The average Bonchev–Trinajstić information content (AvgIpc) is 3.34. The van der Waals surface area contributed by atoms with Crippen molar-refractivity contribution in [2.75, 3.05) is 5.73 Å². The van der Waals surface area contributed by atoms with E-state index in [1.807, 2.05) is 16.1 Å². The molecule has 0 aliphatic heterocycles. The van der Waals surface area contributed by atoms with E-state index in [0.717, 1.165) is 23.4 Å². The largest absolute Gasteiger partial charge is 0.481 e. The summed E-state index contributed by atoms with van der Waals surface area (Å²) < 4.78 is 43.4. The number of anilines is 1. The minimum absolute atomic E-state index is 0.0665. The first kappa shape index (κ1) is 21.6. The van der Waals surface area contributed by atoms with E-state index in [9.17, 15) is 17.6 Å². The highest BCUT2D eigenvalue weighted by Crippen LogP contribution is 2.37. The second kappa shape index (κ2) is 8.12. The van der Waals surface area contributed by atoms with Crippen LogP contribution in [0.3, 0.4) is 0 Å². The molecule has 0 unspecified atom stereocenters. The number of hydrogen-bond acceptors (Lipinski definition) is 5. The smallest absolute Gasteiger partial charge is 0.305 e. The molecular formula is C22H21FN4O4S. The monoisotopic (exact) mass is 456 g/mol. The normalized spacial score (nSPS) is 11.8. The van der Waals surface area contributed by atoms with Gasteiger partial charge in [0.2, 0.25) is 9.84 Å². The van der Waals surface area contributed by atoms with Crippen molar-refractivity contribution in [1.29, 1.82) is 0 Å². The number of aromatic nitrogens is 3. The lowest BCUT2D eigenvalue weighted by Gasteiger charge is -2.11. The summed E-state index contributed by atoms with van der Waals surface area (Å²) >= 11 is 0. The maximum Gasteiger partial charge on any atom is 0.305 e. The number of hydrogen-bond donors (Lipinski definition) is 2. The van der Waals surface area contributed by atoms with Crippen molar-refractivity contribution < 1.29 is 22.7 Å². The van der Waals surface area contributed by atoms with Gasteiger partial charge in [-0.2, -0.15) is 0 Å². The molecule has 0 aliphatic rings. The van der Waals surface area contributed by atoms with Crippen molar-refractivity contribution in [3.8, 4) is 0 Å². The van der Waals surface area contributed by atoms with Crippen LogP contribution in [0.25, 0.3) is 10.9 Å². The van der Waals surface area contributed by atoms with Crippen LogP contribution in [0.5, 0.6) is 0 Å². The molecule has 166 valence electrons. The van der Waals surface area contributed by atoms with Crippen LogP contribution in [0.2, 0.25) is 0 Å². The molecule has 0 bridgehead atoms. The van der Waals surface area contributed by atoms with Gasteiger partial charge in [-0.25, -0.2) is 17.8 Å². The second-order valence-corrected chi connectivity index (χ2v) is 9.34. The number of nitrogen functional groups attached to an aromatic ring is 1. The Kier molecular flexibility index (Phi) is 5.47. The zero-order valence-corrected chi connectivity index (χ0v) is 18.0. The fourth-order valence-corrected chi connectivity index (χ4v) is 5.27. The van der Waals surface area contributed by atoms with Crippen LogP contribution < -0.4 is 5.73 Å². The molecular weight excluding hydrogens is 435 g/mol. The number of sulfone groups is 1. The fraction of sp³-hybridized carbons (Fsp3) is 0.182. The van der Waals surface area contributed by atoms with Gasteiger partial charge in [-0.3, -0.25) is 4.79 Å². The molecule has 4 aromatic rings. The molecule has 3 N–H and O–H groups in total. The summed E-state index contributed by atoms with van der Waals surface area (Å²) in [7, 11) is -4.00. The standard InChI is InChI=1S/C22H21FN4O4S/c1-14-17(12-26-11-9-25-13-26)21-18(27(14)10-8-20(28)29)6-7-19(22(21)24)32(30,31)16-4-2-15(23)3-5-16/h2-7,9,11,13H,8,10,12,24H2,1H3,(H,28,29). The first-order chi connectivity index (χ1) is 15.2. The Balaban J connectivity index is 1.93. The van der Waals surface area contributed by atoms with Gasteiger partial charge in [0.05, 0.1) is 40.3 Å². The number of carbonyl (C=O) groups is 1. The van der Waals surface area contributed by atoms with E-state index in [1.54, 1.807) is 24.8 Å². The number of halogens is 1. The molecule has 4 rings (SSSR count). The van der Waals surface area contributed by atoms with E-state index in [2.05, 4.69) is 4.98 Å². The third-order valence-electron chi connectivity index (χ3n) is 5.48. The van der Waals surface area contributed by atoms with Crippen molar-refractivity contribution in [3.05, 3.63) is 72.2 Å². The maximum absolute atomic E-state index is 13.3. The topological polar surface area (TPSA) is 120 Å². The summed E-state index contributed by atoms with van der Waals surface area (Å²) in [6.07, 6.45) is 4.95. The van der Waals surface area contributed by atoms with Crippen LogP contribution >= 0.6 is 0 Å². The number of imidazole rings is 1. The number of nitrogens with zero attached hydrogens (tertiary/aromatic N) is 3. The Morgan fingerprint density at radius 1 is 1.19 bits per heavy atom. The first-order valence-electron chi connectivity index (χ1n) is 9.78. The van der Waals surface area contributed by atoms with Crippen molar-refractivity contribution in [3.63, 3.8) is 0 Å². The van der Waals surface area contributed by atoms with Gasteiger partial charge in [-0.05, 0) is 43.3 Å². The molecule has 2 aromatic heterocycles. The lowest BCUT2D eigenvalue weighted by atomic mass is 10.1. The molecule has 0 radical (unpaired) electrons. The molecule has 0 saturated heterocycles. The quantitative estimate of drug-likeness (QED) is 0.325. The van der Waals surface area contributed by atoms with E-state index >= 15 is 0 Å². The number of aryl methyl sites for hydroxylation is 1. The highest BCUT2D eigenvalue weighted by Gasteiger charge is 2.25. The van der Waals surface area contributed by atoms with Gasteiger partial charge in [-0.15, -0.1) is 0 Å². The van der Waals surface area contributed by atoms with Gasteiger partial charge in [0.15, 0.2) is 0 Å². The van der Waals surface area contributed by atoms with Crippen LogP contribution in [-0.2, 0) is 27.7 Å². The van der Waals surface area contributed by atoms with Gasteiger partial charge >= 0.3 is 5.97 Å². The van der Waals surface area contributed by atoms with Crippen molar-refractivity contribution in [2.24, 2.45) is 0 Å². The molecule has 2 heterocycles. The van der Waals surface area contributed by atoms with Crippen LogP contribution in [0, 0.1) is 12.7 Å². The van der Waals surface area contributed by atoms with Crippen molar-refractivity contribution in [2.45, 2.75) is 36.2 Å². The van der Waals surface area contributed by atoms with Crippen LogP contribution in [-0.4, -0.2) is 33.6 Å². The third-order valence-corrected chi connectivity index (χ3v) is 7.31. The van der Waals surface area contributed by atoms with E-state index in [4.69, 9.17) is 10.8 Å². The first-order valence-corrected chi connectivity index (χ1v) is 11.3. The number of nitrogens with two attached hydrogens (primary N) is 1. The van der Waals surface area contributed by atoms with Crippen molar-refractivity contribution in [1.82, 2.24) is 14.1 Å². The number of fused-ring (bicyclic) bond motifs is 1. The van der Waals surface area contributed by atoms with Crippen molar-refractivity contribution >= 4 is 32.4 Å². The summed E-state index contributed by atoms with van der Waals surface area (Å²) in [6.45, 7) is 2.44. The van der Waals surface area contributed by atoms with Crippen LogP contribution in [0.4, 0.5) is 10.1 Å². The van der Waals surface area contributed by atoms with E-state index < -0.39 is 21.6 Å². The molecule has 0 saturated carbocycles. The minimum atomic E-state index is -4.00. The van der Waals surface area contributed by atoms with Gasteiger partial charge in [0, 0.05) is 35.6 Å². The number of carboxylic acid groups (broad SMARTS) is 1. The van der Waals surface area contributed by atoms with E-state index in [1.165, 1.54) is 18.2 Å². The average molecular weight is 456 g/mol. The summed E-state index contributed by atoms with van der Waals surface area (Å²) in [4.78, 5) is 15.1. The number of benzene rings is 2. The lowest BCUT2D eigenvalue weighted by Crippen LogP contribution is -2.07. The zero-order valence-electron chi connectivity index (χ0n) is 17.2. The molecule has 0 fully saturated rings. The molecule has 2 aromatic carbocycles. The van der Waals surface area contributed by atoms with Gasteiger partial charge in [0.25, 0.3) is 0 Å². The highest BCUT2D eigenvalue weighted by molar-refractivity contribution is 7.91. The Bertz CT molecular complexity index is 1410. The summed E-state index contributed by atoms with van der Waals surface area (Å²) in [5.74, 6) is -1.48. The van der Waals surface area contributed by atoms with E-state index in [0.29, 0.717) is 17.4 Å². The molecule has 32 heavy (non-hydrogen) atoms. The van der Waals surface area contributed by atoms with Gasteiger partial charge < -0.3 is 20.0 Å². The Morgan fingerprint density at radius 3 is 2.53 bits per heavy atom. The maximum atomic E-state index is 13.3. The number of rotatable bonds is 7. The lowest BCUT2D eigenvalue weighted by molar-refractivity contribution is -0.137. The second-order valence-electron chi connectivity index (χ2n) is 7.42. The molecule has 0 amide bonds. The zero-order chi connectivity index (χ0) is 23.0. The highest BCUT2D eigenvalue weighted by atomic mass is 32.2. The Hall–Kier alpha value is -3.66. The SMILES string of the molecule is Cc1c(Cn2ccnc2)c2c(N)c(S(=O)(=O)c3ccc(F)cc3)ccc2n1CCC(=O)O. The van der Waals surface area contributed by atoms with Crippen LogP contribution in [0.1, 0.15) is 17.7 Å². The molecule has 0 atom stereocenters. The molecule has 0 aliphatic carbocycles. The number of carboxylic acids is 1. The fourth-order valence-electron chi connectivity index (χ4n) is 3.88. The third kappa shape index (κ3) is 3.73. The molecule has 0 spiro atoms. The molecule has 8 nitrogen and oxygen atoms in total. The Morgan fingerprint density at radius 2 is 1.91 bits per heavy atom.